The van der Waals surface area contributed by atoms with E-state index in [2.05, 4.69) is 97.5 Å². The Labute approximate surface area is 284 Å². The zero-order valence-electron chi connectivity index (χ0n) is 28.1. The Kier molecular flexibility index (Phi) is 12.5. The highest BCUT2D eigenvalue weighted by atomic mass is 32.2. The number of hydrogen-bond acceptors (Lipinski definition) is 6. The summed E-state index contributed by atoms with van der Waals surface area (Å²) < 4.78 is 11.5. The van der Waals surface area contributed by atoms with Crippen LogP contribution in [0, 0.1) is 12.8 Å². The van der Waals surface area contributed by atoms with Gasteiger partial charge < -0.3 is 19.7 Å². The van der Waals surface area contributed by atoms with Crippen LogP contribution in [0.3, 0.4) is 0 Å². The zero-order valence-corrected chi connectivity index (χ0v) is 28.9. The molecule has 246 valence electrons. The standard InChI is InChI=1S/C40H47N3O3S/c1-5-6-20-45-21-22-46-37-13-9-32(10-14-37)33-11-15-38-35(24-33)25-34(17-19-43(38)27-29(2)3)40(44)42-36-12-16-39(30(4)23-36)47-28-31-8-7-18-41-26-31/h7-16,18,23-26,29H,5-6,17,19-22,27-28H2,1-4H3,(H,42,44). The van der Waals surface area contributed by atoms with Gasteiger partial charge in [0.05, 0.1) is 6.61 Å². The minimum Gasteiger partial charge on any atom is -0.491 e. The number of hydrogen-bond donors (Lipinski definition) is 1. The van der Waals surface area contributed by atoms with E-state index in [0.29, 0.717) is 25.6 Å². The molecule has 0 unspecified atom stereocenters. The lowest BCUT2D eigenvalue weighted by Crippen LogP contribution is -2.29. The van der Waals surface area contributed by atoms with Gasteiger partial charge in [-0.05, 0) is 108 Å². The van der Waals surface area contributed by atoms with Gasteiger partial charge in [0, 0.05) is 59.7 Å². The molecule has 0 fully saturated rings. The topological polar surface area (TPSA) is 63.7 Å². The number of aromatic nitrogens is 1. The summed E-state index contributed by atoms with van der Waals surface area (Å²) in [5.74, 6) is 2.14. The zero-order chi connectivity index (χ0) is 33.0. The van der Waals surface area contributed by atoms with E-state index in [1.807, 2.05) is 30.5 Å². The molecule has 0 saturated heterocycles. The van der Waals surface area contributed by atoms with Crippen molar-refractivity contribution in [1.29, 1.82) is 0 Å². The normalized spacial score (nSPS) is 12.8. The Morgan fingerprint density at radius 1 is 1.00 bits per heavy atom. The minimum atomic E-state index is -0.0527. The van der Waals surface area contributed by atoms with E-state index in [1.54, 1.807) is 18.0 Å². The first kappa shape index (κ1) is 34.3. The van der Waals surface area contributed by atoms with Crippen LogP contribution in [0.15, 0.2) is 95.7 Å². The highest BCUT2D eigenvalue weighted by molar-refractivity contribution is 7.98. The fourth-order valence-corrected chi connectivity index (χ4v) is 6.58. The van der Waals surface area contributed by atoms with Gasteiger partial charge in [0.15, 0.2) is 0 Å². The molecule has 0 spiro atoms. The molecule has 2 heterocycles. The van der Waals surface area contributed by atoms with Crippen LogP contribution in [-0.4, -0.2) is 43.8 Å². The first-order chi connectivity index (χ1) is 22.9. The molecule has 1 aliphatic rings. The van der Waals surface area contributed by atoms with Crippen molar-refractivity contribution >= 4 is 35.1 Å². The number of aryl methyl sites for hydroxylation is 1. The molecule has 0 atom stereocenters. The van der Waals surface area contributed by atoms with Gasteiger partial charge in [0.1, 0.15) is 12.4 Å². The lowest BCUT2D eigenvalue weighted by atomic mass is 10.00. The lowest BCUT2D eigenvalue weighted by Gasteiger charge is -2.27. The van der Waals surface area contributed by atoms with E-state index in [4.69, 9.17) is 9.47 Å². The van der Waals surface area contributed by atoms with Gasteiger partial charge >= 0.3 is 0 Å². The number of benzene rings is 3. The Morgan fingerprint density at radius 3 is 2.57 bits per heavy atom. The van der Waals surface area contributed by atoms with E-state index in [1.165, 1.54) is 16.1 Å². The number of unbranched alkanes of at least 4 members (excludes halogenated alkanes) is 1. The predicted octanol–water partition coefficient (Wildman–Crippen LogP) is 9.43. The van der Waals surface area contributed by atoms with Crippen molar-refractivity contribution in [3.63, 3.8) is 0 Å². The molecule has 1 aliphatic heterocycles. The second-order valence-electron chi connectivity index (χ2n) is 12.5. The summed E-state index contributed by atoms with van der Waals surface area (Å²) in [6, 6.07) is 25.0. The molecule has 5 rings (SSSR count). The van der Waals surface area contributed by atoms with E-state index in [9.17, 15) is 4.79 Å². The summed E-state index contributed by atoms with van der Waals surface area (Å²) in [5, 5.41) is 3.18. The van der Waals surface area contributed by atoms with Crippen molar-refractivity contribution in [3.05, 3.63) is 107 Å². The van der Waals surface area contributed by atoms with Crippen LogP contribution in [0.25, 0.3) is 17.2 Å². The predicted molar refractivity (Wildman–Crippen MR) is 196 cm³/mol. The molecule has 6 nitrogen and oxygen atoms in total. The summed E-state index contributed by atoms with van der Waals surface area (Å²) in [5.41, 5.74) is 8.37. The van der Waals surface area contributed by atoms with Crippen LogP contribution in [0.1, 0.15) is 56.7 Å². The van der Waals surface area contributed by atoms with Crippen LogP contribution >= 0.6 is 11.8 Å². The largest absolute Gasteiger partial charge is 0.491 e. The van der Waals surface area contributed by atoms with Gasteiger partial charge in [0.2, 0.25) is 0 Å². The Bertz CT molecular complexity index is 1640. The molecule has 0 bridgehead atoms. The minimum absolute atomic E-state index is 0.0527. The number of rotatable bonds is 15. The van der Waals surface area contributed by atoms with Gasteiger partial charge in [0.25, 0.3) is 5.91 Å². The smallest absolute Gasteiger partial charge is 0.251 e. The van der Waals surface area contributed by atoms with Gasteiger partial charge in [-0.25, -0.2) is 0 Å². The van der Waals surface area contributed by atoms with Gasteiger partial charge in [-0.3, -0.25) is 9.78 Å². The van der Waals surface area contributed by atoms with Crippen molar-refractivity contribution in [2.75, 3.05) is 43.1 Å². The third kappa shape index (κ3) is 9.96. The van der Waals surface area contributed by atoms with Crippen LogP contribution in [0.4, 0.5) is 11.4 Å². The van der Waals surface area contributed by atoms with Crippen LogP contribution < -0.4 is 15.0 Å². The van der Waals surface area contributed by atoms with Gasteiger partial charge in [-0.2, -0.15) is 0 Å². The summed E-state index contributed by atoms with van der Waals surface area (Å²) in [7, 11) is 0. The lowest BCUT2D eigenvalue weighted by molar-refractivity contribution is -0.112. The quantitative estimate of drug-likeness (QED) is 0.102. The van der Waals surface area contributed by atoms with E-state index in [-0.39, 0.29) is 5.91 Å². The number of carbonyl (C=O) groups is 1. The molecular formula is C40H47N3O3S. The van der Waals surface area contributed by atoms with Gasteiger partial charge in [-0.1, -0.05) is 51.5 Å². The Balaban J connectivity index is 1.29. The molecule has 1 aromatic heterocycles. The fourth-order valence-electron chi connectivity index (χ4n) is 5.64. The maximum Gasteiger partial charge on any atom is 0.251 e. The number of amides is 1. The highest BCUT2D eigenvalue weighted by Crippen LogP contribution is 2.34. The van der Waals surface area contributed by atoms with E-state index >= 15 is 0 Å². The van der Waals surface area contributed by atoms with E-state index < -0.39 is 0 Å². The van der Waals surface area contributed by atoms with Crippen LogP contribution in [0.5, 0.6) is 5.75 Å². The van der Waals surface area contributed by atoms with Crippen LogP contribution in [-0.2, 0) is 15.3 Å². The van der Waals surface area contributed by atoms with Gasteiger partial charge in [-0.15, -0.1) is 11.8 Å². The van der Waals surface area contributed by atoms with Crippen molar-refractivity contribution in [2.45, 2.75) is 57.6 Å². The van der Waals surface area contributed by atoms with Crippen LogP contribution in [0.2, 0.25) is 0 Å². The number of fused-ring (bicyclic) bond motifs is 1. The molecule has 1 amide bonds. The summed E-state index contributed by atoms with van der Waals surface area (Å²) in [6.45, 7) is 12.4. The number of nitrogens with zero attached hydrogens (tertiary/aromatic N) is 2. The number of nitrogens with one attached hydrogen (secondary N) is 1. The molecule has 7 heteroatoms. The molecule has 3 aromatic carbocycles. The molecular weight excluding hydrogens is 603 g/mol. The SMILES string of the molecule is CCCCOCCOc1ccc(-c2ccc3c(c2)C=C(C(=O)Nc2ccc(SCc4cccnc4)c(C)c2)CCN3CC(C)C)cc1. The fraction of sp³-hybridized carbons (Fsp3) is 0.350. The average Bonchev–Trinajstić information content (AvgIpc) is 3.25. The summed E-state index contributed by atoms with van der Waals surface area (Å²) in [6.07, 6.45) is 8.66. The molecule has 4 aromatic rings. The second-order valence-corrected chi connectivity index (χ2v) is 13.5. The number of pyridine rings is 1. The Hall–Kier alpha value is -4.07. The highest BCUT2D eigenvalue weighted by Gasteiger charge is 2.21. The number of carbonyl (C=O) groups excluding carboxylic acids is 1. The van der Waals surface area contributed by atoms with E-state index in [0.717, 1.165) is 77.6 Å². The maximum atomic E-state index is 13.7. The molecule has 1 N–H and O–H groups in total. The van der Waals surface area contributed by atoms with Crippen molar-refractivity contribution < 1.29 is 14.3 Å². The summed E-state index contributed by atoms with van der Waals surface area (Å²) >= 11 is 1.78. The number of thioether (sulfide) groups is 1. The van der Waals surface area contributed by atoms with Crippen molar-refractivity contribution in [2.24, 2.45) is 5.92 Å². The first-order valence-electron chi connectivity index (χ1n) is 16.7. The summed E-state index contributed by atoms with van der Waals surface area (Å²) in [4.78, 5) is 21.5. The third-order valence-electron chi connectivity index (χ3n) is 8.10. The molecule has 0 saturated carbocycles. The monoisotopic (exact) mass is 649 g/mol. The Morgan fingerprint density at radius 2 is 1.83 bits per heavy atom. The third-order valence-corrected chi connectivity index (χ3v) is 9.35. The first-order valence-corrected chi connectivity index (χ1v) is 17.7. The molecule has 47 heavy (non-hydrogen) atoms. The van der Waals surface area contributed by atoms with Crippen molar-refractivity contribution in [1.82, 2.24) is 4.98 Å². The molecule has 0 radical (unpaired) electrons. The van der Waals surface area contributed by atoms with Crippen molar-refractivity contribution in [3.8, 4) is 16.9 Å². The number of ether oxygens (including phenoxy) is 2. The second kappa shape index (κ2) is 17.2. The maximum absolute atomic E-state index is 13.7. The molecule has 0 aliphatic carbocycles. The average molecular weight is 650 g/mol. The number of anilines is 2.